The van der Waals surface area contributed by atoms with Gasteiger partial charge in [0.25, 0.3) is 5.69 Å². The monoisotopic (exact) mass is 266 g/mol. The maximum atomic E-state index is 11.2. The van der Waals surface area contributed by atoms with Crippen molar-refractivity contribution in [2.45, 2.75) is 46.3 Å². The maximum absolute atomic E-state index is 11.2. The lowest BCUT2D eigenvalue weighted by Crippen LogP contribution is -2.32. The lowest BCUT2D eigenvalue weighted by Gasteiger charge is -2.29. The summed E-state index contributed by atoms with van der Waals surface area (Å²) in [5.41, 5.74) is 1.24. The molecule has 0 amide bonds. The second kappa shape index (κ2) is 6.52. The Balaban J connectivity index is 3.29. The Morgan fingerprint density at radius 1 is 1.37 bits per heavy atom. The van der Waals surface area contributed by atoms with Crippen LogP contribution in [0.5, 0.6) is 0 Å². The van der Waals surface area contributed by atoms with Crippen molar-refractivity contribution in [3.05, 3.63) is 33.9 Å². The van der Waals surface area contributed by atoms with Gasteiger partial charge in [-0.25, -0.2) is 0 Å². The molecule has 0 aromatic heterocycles. The number of hydrogen-bond acceptors (Lipinski definition) is 4. The largest absolute Gasteiger partial charge is 0.389 e. The molecule has 5 nitrogen and oxygen atoms in total. The van der Waals surface area contributed by atoms with Gasteiger partial charge in [0, 0.05) is 18.7 Å². The van der Waals surface area contributed by atoms with Gasteiger partial charge < -0.3 is 10.0 Å². The van der Waals surface area contributed by atoms with Gasteiger partial charge in [-0.2, -0.15) is 0 Å². The van der Waals surface area contributed by atoms with E-state index < -0.39 is 6.10 Å². The fraction of sp³-hybridized carbons (Fsp3) is 0.571. The molecule has 0 fully saturated rings. The van der Waals surface area contributed by atoms with Crippen LogP contribution >= 0.6 is 0 Å². The molecule has 5 heteroatoms. The Labute approximate surface area is 114 Å². The number of benzene rings is 1. The maximum Gasteiger partial charge on any atom is 0.292 e. The van der Waals surface area contributed by atoms with Gasteiger partial charge in [-0.15, -0.1) is 0 Å². The molecule has 0 aliphatic rings. The quantitative estimate of drug-likeness (QED) is 0.634. The second-order valence-corrected chi connectivity index (χ2v) is 4.72. The molecular formula is C14H22N2O3. The van der Waals surface area contributed by atoms with E-state index in [1.807, 2.05) is 11.8 Å². The highest BCUT2D eigenvalue weighted by atomic mass is 16.6. The molecule has 2 unspecified atom stereocenters. The van der Waals surface area contributed by atoms with E-state index >= 15 is 0 Å². The van der Waals surface area contributed by atoms with Crippen LogP contribution in [0.3, 0.4) is 0 Å². The summed E-state index contributed by atoms with van der Waals surface area (Å²) < 4.78 is 0. The van der Waals surface area contributed by atoms with Crippen molar-refractivity contribution in [2.24, 2.45) is 0 Å². The summed E-state index contributed by atoms with van der Waals surface area (Å²) in [6.45, 7) is 8.41. The van der Waals surface area contributed by atoms with Crippen molar-refractivity contribution in [1.29, 1.82) is 0 Å². The first-order chi connectivity index (χ1) is 8.92. The number of aliphatic hydroxyl groups excluding tert-OH is 1. The Morgan fingerprint density at radius 2 is 2.00 bits per heavy atom. The predicted molar refractivity (Wildman–Crippen MR) is 76.5 cm³/mol. The molecule has 1 rings (SSSR count). The van der Waals surface area contributed by atoms with Crippen molar-refractivity contribution in [3.63, 3.8) is 0 Å². The topological polar surface area (TPSA) is 66.6 Å². The summed E-state index contributed by atoms with van der Waals surface area (Å²) in [6.07, 6.45) is 0.217. The van der Waals surface area contributed by atoms with Gasteiger partial charge in [0.1, 0.15) is 5.69 Å². The van der Waals surface area contributed by atoms with Crippen molar-refractivity contribution in [1.82, 2.24) is 0 Å². The number of rotatable bonds is 6. The van der Waals surface area contributed by atoms with Crippen LogP contribution in [-0.2, 0) is 0 Å². The first-order valence-electron chi connectivity index (χ1n) is 6.65. The van der Waals surface area contributed by atoms with E-state index in [9.17, 15) is 15.2 Å². The van der Waals surface area contributed by atoms with Gasteiger partial charge >= 0.3 is 0 Å². The zero-order valence-corrected chi connectivity index (χ0v) is 12.0. The molecule has 0 spiro atoms. The van der Waals surface area contributed by atoms with Gasteiger partial charge in [0.05, 0.1) is 11.0 Å². The number of nitrogens with zero attached hydrogens (tertiary/aromatic N) is 2. The van der Waals surface area contributed by atoms with E-state index in [1.54, 1.807) is 19.1 Å². The van der Waals surface area contributed by atoms with Crippen LogP contribution in [0.25, 0.3) is 0 Å². The molecule has 1 aromatic rings. The predicted octanol–water partition coefficient (Wildman–Crippen LogP) is 3.27. The first-order valence-corrected chi connectivity index (χ1v) is 6.65. The lowest BCUT2D eigenvalue weighted by molar-refractivity contribution is -0.384. The molecule has 0 bridgehead atoms. The number of anilines is 1. The first kappa shape index (κ1) is 15.4. The third-order valence-electron chi connectivity index (χ3n) is 3.45. The summed E-state index contributed by atoms with van der Waals surface area (Å²) >= 11 is 0. The summed E-state index contributed by atoms with van der Waals surface area (Å²) in [6, 6.07) is 5.18. The molecule has 0 saturated heterocycles. The van der Waals surface area contributed by atoms with Crippen LogP contribution in [-0.4, -0.2) is 22.6 Å². The Hall–Kier alpha value is -1.62. The van der Waals surface area contributed by atoms with Gasteiger partial charge in [-0.05, 0) is 38.8 Å². The molecule has 0 heterocycles. The molecule has 2 atom stereocenters. The van der Waals surface area contributed by atoms with E-state index in [1.165, 1.54) is 6.07 Å². The third-order valence-corrected chi connectivity index (χ3v) is 3.45. The lowest BCUT2D eigenvalue weighted by atomic mass is 10.1. The smallest absolute Gasteiger partial charge is 0.292 e. The van der Waals surface area contributed by atoms with Crippen LogP contribution < -0.4 is 4.90 Å². The second-order valence-electron chi connectivity index (χ2n) is 4.72. The molecule has 0 aliphatic heterocycles. The van der Waals surface area contributed by atoms with Gasteiger partial charge in [0.15, 0.2) is 0 Å². The fourth-order valence-corrected chi connectivity index (χ4v) is 2.13. The van der Waals surface area contributed by atoms with Crippen LogP contribution in [0, 0.1) is 10.1 Å². The fourth-order valence-electron chi connectivity index (χ4n) is 2.13. The minimum absolute atomic E-state index is 0.0561. The number of nitro benzene ring substituents is 1. The van der Waals surface area contributed by atoms with Gasteiger partial charge in [-0.1, -0.05) is 13.0 Å². The summed E-state index contributed by atoms with van der Waals surface area (Å²) in [5, 5.41) is 20.8. The van der Waals surface area contributed by atoms with Crippen molar-refractivity contribution in [2.75, 3.05) is 11.4 Å². The Kier molecular flexibility index (Phi) is 5.30. The Bertz CT molecular complexity index is 446. The molecule has 1 aromatic carbocycles. The van der Waals surface area contributed by atoms with Crippen LogP contribution in [0.1, 0.15) is 45.8 Å². The van der Waals surface area contributed by atoms with Crippen LogP contribution in [0.2, 0.25) is 0 Å². The van der Waals surface area contributed by atoms with Gasteiger partial charge in [-0.3, -0.25) is 10.1 Å². The van der Waals surface area contributed by atoms with Crippen LogP contribution in [0.15, 0.2) is 18.2 Å². The van der Waals surface area contributed by atoms with Gasteiger partial charge in [0.2, 0.25) is 0 Å². The number of hydrogen-bond donors (Lipinski definition) is 1. The zero-order chi connectivity index (χ0) is 14.6. The minimum Gasteiger partial charge on any atom is -0.389 e. The molecule has 0 saturated carbocycles. The van der Waals surface area contributed by atoms with E-state index in [2.05, 4.69) is 13.8 Å². The minimum atomic E-state index is -0.702. The van der Waals surface area contributed by atoms with Crippen LogP contribution in [0.4, 0.5) is 11.4 Å². The molecule has 19 heavy (non-hydrogen) atoms. The summed E-state index contributed by atoms with van der Waals surface area (Å²) in [4.78, 5) is 12.9. The normalized spacial score (nSPS) is 13.9. The third kappa shape index (κ3) is 3.44. The molecule has 1 N–H and O–H groups in total. The molecule has 0 radical (unpaired) electrons. The van der Waals surface area contributed by atoms with E-state index in [0.717, 1.165) is 6.42 Å². The molecule has 0 aliphatic carbocycles. The number of nitro groups is 1. The zero-order valence-electron chi connectivity index (χ0n) is 12.0. The SMILES string of the molecule is CCC(C)N(CC)c1ccc(C(C)O)cc1[N+](=O)[O-]. The van der Waals surface area contributed by atoms with Crippen molar-refractivity contribution < 1.29 is 10.0 Å². The Morgan fingerprint density at radius 3 is 2.42 bits per heavy atom. The average molecular weight is 266 g/mol. The highest BCUT2D eigenvalue weighted by Crippen LogP contribution is 2.32. The number of aliphatic hydroxyl groups is 1. The average Bonchev–Trinajstić information content (AvgIpc) is 2.39. The van der Waals surface area contributed by atoms with E-state index in [-0.39, 0.29) is 16.7 Å². The van der Waals surface area contributed by atoms with E-state index in [0.29, 0.717) is 17.8 Å². The molecular weight excluding hydrogens is 244 g/mol. The summed E-state index contributed by atoms with van der Waals surface area (Å²) in [7, 11) is 0. The van der Waals surface area contributed by atoms with E-state index in [4.69, 9.17) is 0 Å². The molecule has 106 valence electrons. The standard InChI is InChI=1S/C14H22N2O3/c1-5-10(3)15(6-2)13-8-7-12(11(4)17)9-14(13)16(18)19/h7-11,17H,5-6H2,1-4H3. The van der Waals surface area contributed by atoms with Crippen molar-refractivity contribution in [3.8, 4) is 0 Å². The summed E-state index contributed by atoms with van der Waals surface area (Å²) in [5.74, 6) is 0. The van der Waals surface area contributed by atoms with Crippen molar-refractivity contribution >= 4 is 11.4 Å². The highest BCUT2D eigenvalue weighted by molar-refractivity contribution is 5.65. The highest BCUT2D eigenvalue weighted by Gasteiger charge is 2.22.